The van der Waals surface area contributed by atoms with E-state index in [0.29, 0.717) is 12.3 Å². The molecular weight excluding hydrogens is 438 g/mol. The second-order valence-corrected chi connectivity index (χ2v) is 8.10. The topological polar surface area (TPSA) is 87.3 Å². The number of nitrogens with zero attached hydrogens (tertiary/aromatic N) is 2. The van der Waals surface area contributed by atoms with Crippen molar-refractivity contribution in [2.45, 2.75) is 20.5 Å². The molecule has 4 rings (SSSR count). The Bertz CT molecular complexity index is 1390. The number of aromatic nitrogens is 1. The number of amides is 1. The molecule has 0 aliphatic carbocycles. The van der Waals surface area contributed by atoms with Crippen LogP contribution in [0.3, 0.4) is 0 Å². The van der Waals surface area contributed by atoms with E-state index in [0.717, 1.165) is 34.0 Å². The lowest BCUT2D eigenvalue weighted by Crippen LogP contribution is -2.13. The number of phenolic OH excluding ortho intramolecular Hbond substituents is 1. The lowest BCUT2D eigenvalue weighted by Gasteiger charge is -2.11. The standard InChI is InChI=1S/C29H25N3O3/c1-20-16-23(17-24(18-30)29(34)31-25-8-12-27(33)13-9-25)21(2)32(20)26-10-14-28(15-11-26)35-19-22-6-4-3-5-7-22/h3-17,33H,19H2,1-2H3,(H,31,34)/b24-17-. The highest BCUT2D eigenvalue weighted by atomic mass is 16.5. The van der Waals surface area contributed by atoms with Gasteiger partial charge in [0.25, 0.3) is 5.91 Å². The zero-order valence-corrected chi connectivity index (χ0v) is 19.5. The van der Waals surface area contributed by atoms with Gasteiger partial charge in [-0.3, -0.25) is 4.79 Å². The summed E-state index contributed by atoms with van der Waals surface area (Å²) in [5.41, 5.74) is 5.21. The molecular formula is C29H25N3O3. The van der Waals surface area contributed by atoms with Crippen molar-refractivity contribution >= 4 is 17.7 Å². The highest BCUT2D eigenvalue weighted by molar-refractivity contribution is 6.09. The first kappa shape index (κ1) is 23.4. The fraction of sp³-hybridized carbons (Fsp3) is 0.103. The smallest absolute Gasteiger partial charge is 0.266 e. The van der Waals surface area contributed by atoms with E-state index in [1.807, 2.05) is 80.6 Å². The van der Waals surface area contributed by atoms with E-state index in [4.69, 9.17) is 4.74 Å². The predicted molar refractivity (Wildman–Crippen MR) is 136 cm³/mol. The molecule has 35 heavy (non-hydrogen) atoms. The van der Waals surface area contributed by atoms with Gasteiger partial charge in [-0.1, -0.05) is 30.3 Å². The van der Waals surface area contributed by atoms with E-state index in [2.05, 4.69) is 9.88 Å². The second-order valence-electron chi connectivity index (χ2n) is 8.10. The Hall–Kier alpha value is -4.76. The summed E-state index contributed by atoms with van der Waals surface area (Å²) in [6, 6.07) is 27.8. The van der Waals surface area contributed by atoms with Crippen LogP contribution in [-0.4, -0.2) is 15.6 Å². The Labute approximate surface area is 204 Å². The number of carbonyl (C=O) groups is 1. The molecule has 4 aromatic rings. The molecule has 0 aliphatic rings. The Morgan fingerprint density at radius 2 is 1.71 bits per heavy atom. The van der Waals surface area contributed by atoms with Crippen molar-refractivity contribution in [2.24, 2.45) is 0 Å². The van der Waals surface area contributed by atoms with Gasteiger partial charge >= 0.3 is 0 Å². The van der Waals surface area contributed by atoms with Crippen LogP contribution in [0.25, 0.3) is 11.8 Å². The van der Waals surface area contributed by atoms with Crippen LogP contribution in [0.15, 0.2) is 90.5 Å². The maximum atomic E-state index is 12.6. The maximum absolute atomic E-state index is 12.6. The van der Waals surface area contributed by atoms with E-state index in [1.165, 1.54) is 12.1 Å². The Morgan fingerprint density at radius 1 is 1.03 bits per heavy atom. The highest BCUT2D eigenvalue weighted by Gasteiger charge is 2.14. The Morgan fingerprint density at radius 3 is 2.37 bits per heavy atom. The number of nitrogens with one attached hydrogen (secondary N) is 1. The summed E-state index contributed by atoms with van der Waals surface area (Å²) >= 11 is 0. The maximum Gasteiger partial charge on any atom is 0.266 e. The average Bonchev–Trinajstić information content (AvgIpc) is 3.16. The molecule has 6 heteroatoms. The number of anilines is 1. The Balaban J connectivity index is 1.51. The van der Waals surface area contributed by atoms with Gasteiger partial charge in [0.1, 0.15) is 29.7 Å². The molecule has 0 radical (unpaired) electrons. The first-order valence-corrected chi connectivity index (χ1v) is 11.1. The molecule has 0 saturated heterocycles. The number of nitriles is 1. The van der Waals surface area contributed by atoms with Crippen LogP contribution in [-0.2, 0) is 11.4 Å². The molecule has 0 aliphatic heterocycles. The molecule has 6 nitrogen and oxygen atoms in total. The monoisotopic (exact) mass is 463 g/mol. The molecule has 1 heterocycles. The summed E-state index contributed by atoms with van der Waals surface area (Å²) in [7, 11) is 0. The zero-order chi connectivity index (χ0) is 24.8. The molecule has 174 valence electrons. The minimum atomic E-state index is -0.511. The Kier molecular flexibility index (Phi) is 6.99. The van der Waals surface area contributed by atoms with Crippen LogP contribution in [0.4, 0.5) is 5.69 Å². The van der Waals surface area contributed by atoms with Gasteiger partial charge in [-0.05, 0) is 85.6 Å². The number of benzene rings is 3. The quantitative estimate of drug-likeness (QED) is 0.202. The number of carbonyl (C=O) groups excluding carboxylic acids is 1. The van der Waals surface area contributed by atoms with Gasteiger partial charge in [0.15, 0.2) is 0 Å². The number of aromatic hydroxyl groups is 1. The van der Waals surface area contributed by atoms with E-state index < -0.39 is 5.91 Å². The van der Waals surface area contributed by atoms with Crippen molar-refractivity contribution < 1.29 is 14.6 Å². The van der Waals surface area contributed by atoms with Gasteiger partial charge in [-0.2, -0.15) is 5.26 Å². The van der Waals surface area contributed by atoms with E-state index in [9.17, 15) is 15.2 Å². The summed E-state index contributed by atoms with van der Waals surface area (Å²) in [4.78, 5) is 12.6. The van der Waals surface area contributed by atoms with Gasteiger partial charge < -0.3 is 19.7 Å². The number of phenols is 1. The molecule has 0 saturated carbocycles. The van der Waals surface area contributed by atoms with E-state index in [1.54, 1.807) is 18.2 Å². The largest absolute Gasteiger partial charge is 0.508 e. The lowest BCUT2D eigenvalue weighted by atomic mass is 10.1. The number of hydrogen-bond acceptors (Lipinski definition) is 4. The SMILES string of the molecule is Cc1cc(/C=C(/C#N)C(=O)Nc2ccc(O)cc2)c(C)n1-c1ccc(OCc2ccccc2)cc1. The molecule has 0 unspecified atom stereocenters. The van der Waals surface area contributed by atoms with Crippen molar-refractivity contribution in [1.29, 1.82) is 5.26 Å². The fourth-order valence-electron chi connectivity index (χ4n) is 3.81. The molecule has 0 fully saturated rings. The molecule has 0 spiro atoms. The van der Waals surface area contributed by atoms with Gasteiger partial charge in [0, 0.05) is 22.8 Å². The van der Waals surface area contributed by atoms with Crippen molar-refractivity contribution in [1.82, 2.24) is 4.57 Å². The molecule has 1 aromatic heterocycles. The zero-order valence-electron chi connectivity index (χ0n) is 19.5. The van der Waals surface area contributed by atoms with Crippen LogP contribution in [0, 0.1) is 25.2 Å². The lowest BCUT2D eigenvalue weighted by molar-refractivity contribution is -0.112. The first-order valence-electron chi connectivity index (χ1n) is 11.1. The number of ether oxygens (including phenoxy) is 1. The molecule has 0 atom stereocenters. The third-order valence-corrected chi connectivity index (χ3v) is 5.60. The highest BCUT2D eigenvalue weighted by Crippen LogP contribution is 2.25. The molecule has 2 N–H and O–H groups in total. The van der Waals surface area contributed by atoms with E-state index in [-0.39, 0.29) is 11.3 Å². The van der Waals surface area contributed by atoms with Crippen LogP contribution < -0.4 is 10.1 Å². The van der Waals surface area contributed by atoms with Crippen molar-refractivity contribution in [3.05, 3.63) is 113 Å². The summed E-state index contributed by atoms with van der Waals surface area (Å²) in [6.45, 7) is 4.43. The van der Waals surface area contributed by atoms with Crippen LogP contribution in [0.2, 0.25) is 0 Å². The van der Waals surface area contributed by atoms with Gasteiger partial charge in [0.2, 0.25) is 0 Å². The van der Waals surface area contributed by atoms with Gasteiger partial charge in [0.05, 0.1) is 0 Å². The summed E-state index contributed by atoms with van der Waals surface area (Å²) in [5, 5.41) is 21.7. The molecule has 1 amide bonds. The fourth-order valence-corrected chi connectivity index (χ4v) is 3.81. The van der Waals surface area contributed by atoms with Gasteiger partial charge in [-0.25, -0.2) is 0 Å². The number of hydrogen-bond donors (Lipinski definition) is 2. The summed E-state index contributed by atoms with van der Waals surface area (Å²) in [5.74, 6) is 0.364. The summed E-state index contributed by atoms with van der Waals surface area (Å²) in [6.07, 6.45) is 1.59. The van der Waals surface area contributed by atoms with Crippen LogP contribution in [0.1, 0.15) is 22.5 Å². The third kappa shape index (κ3) is 5.60. The minimum Gasteiger partial charge on any atom is -0.508 e. The summed E-state index contributed by atoms with van der Waals surface area (Å²) < 4.78 is 7.95. The average molecular weight is 464 g/mol. The normalized spacial score (nSPS) is 11.1. The molecule has 3 aromatic carbocycles. The second kappa shape index (κ2) is 10.4. The van der Waals surface area contributed by atoms with Gasteiger partial charge in [-0.15, -0.1) is 0 Å². The number of aryl methyl sites for hydroxylation is 1. The minimum absolute atomic E-state index is 0.0111. The van der Waals surface area contributed by atoms with Crippen LogP contribution >= 0.6 is 0 Å². The van der Waals surface area contributed by atoms with E-state index >= 15 is 0 Å². The van der Waals surface area contributed by atoms with Crippen molar-refractivity contribution in [2.75, 3.05) is 5.32 Å². The van der Waals surface area contributed by atoms with Crippen molar-refractivity contribution in [3.63, 3.8) is 0 Å². The molecule has 0 bridgehead atoms. The van der Waals surface area contributed by atoms with Crippen molar-refractivity contribution in [3.8, 4) is 23.3 Å². The van der Waals surface area contributed by atoms with Crippen LogP contribution in [0.5, 0.6) is 11.5 Å². The first-order chi connectivity index (χ1) is 16.9. The predicted octanol–water partition coefficient (Wildman–Crippen LogP) is 5.92. The third-order valence-electron chi connectivity index (χ3n) is 5.60. The number of rotatable bonds is 7.